The van der Waals surface area contributed by atoms with Gasteiger partial charge in [0.05, 0.1) is 11.3 Å². The number of nitro benzene ring substituents is 1. The fourth-order valence-corrected chi connectivity index (χ4v) is 1.88. The van der Waals surface area contributed by atoms with Gasteiger partial charge in [-0.25, -0.2) is 0 Å². The number of non-ortho nitro benzene ring substituents is 1. The first-order valence-corrected chi connectivity index (χ1v) is 6.42. The predicted molar refractivity (Wildman–Crippen MR) is 77.3 cm³/mol. The second kappa shape index (κ2) is 6.47. The molecule has 0 radical (unpaired) electrons. The number of nitrogens with zero attached hydrogens (tertiary/aromatic N) is 2. The van der Waals surface area contributed by atoms with Gasteiger partial charge in [0.15, 0.2) is 0 Å². The van der Waals surface area contributed by atoms with Gasteiger partial charge in [-0.3, -0.25) is 14.9 Å². The number of amides is 1. The SMILES string of the molecule is CN(CC(C)(C)CN)C(=O)Cc1cccc([N+](=O)[O-])c1. The Morgan fingerprint density at radius 1 is 1.45 bits per heavy atom. The van der Waals surface area contributed by atoms with Gasteiger partial charge in [0.1, 0.15) is 0 Å². The zero-order valence-electron chi connectivity index (χ0n) is 12.1. The summed E-state index contributed by atoms with van der Waals surface area (Å²) in [6, 6.07) is 6.15. The first-order valence-electron chi connectivity index (χ1n) is 6.42. The molecular formula is C14H21N3O3. The molecule has 0 atom stereocenters. The lowest BCUT2D eigenvalue weighted by Crippen LogP contribution is -2.40. The molecule has 0 saturated heterocycles. The second-order valence-corrected chi connectivity index (χ2v) is 5.72. The van der Waals surface area contributed by atoms with Crippen LogP contribution in [0.2, 0.25) is 0 Å². The minimum Gasteiger partial charge on any atom is -0.345 e. The van der Waals surface area contributed by atoms with Crippen molar-refractivity contribution in [3.8, 4) is 0 Å². The van der Waals surface area contributed by atoms with Crippen LogP contribution in [-0.2, 0) is 11.2 Å². The van der Waals surface area contributed by atoms with Crippen LogP contribution < -0.4 is 5.73 Å². The van der Waals surface area contributed by atoms with E-state index >= 15 is 0 Å². The molecule has 0 bridgehead atoms. The number of nitro groups is 1. The van der Waals surface area contributed by atoms with Crippen LogP contribution in [0.25, 0.3) is 0 Å². The summed E-state index contributed by atoms with van der Waals surface area (Å²) in [5, 5.41) is 10.7. The summed E-state index contributed by atoms with van der Waals surface area (Å²) in [6.07, 6.45) is 0.152. The van der Waals surface area contributed by atoms with Crippen molar-refractivity contribution in [2.75, 3.05) is 20.1 Å². The molecule has 0 aliphatic heterocycles. The van der Waals surface area contributed by atoms with Crippen molar-refractivity contribution in [3.63, 3.8) is 0 Å². The van der Waals surface area contributed by atoms with E-state index in [0.29, 0.717) is 18.7 Å². The number of likely N-dealkylation sites (N-methyl/N-ethyl adjacent to an activating group) is 1. The van der Waals surface area contributed by atoms with Gasteiger partial charge in [0.25, 0.3) is 5.69 Å². The molecule has 2 N–H and O–H groups in total. The van der Waals surface area contributed by atoms with E-state index in [1.807, 2.05) is 13.8 Å². The molecule has 0 aromatic heterocycles. The van der Waals surface area contributed by atoms with E-state index in [9.17, 15) is 14.9 Å². The first kappa shape index (κ1) is 16.1. The lowest BCUT2D eigenvalue weighted by atomic mass is 9.93. The minimum absolute atomic E-state index is 0.000223. The van der Waals surface area contributed by atoms with Crippen LogP contribution in [0, 0.1) is 15.5 Å². The summed E-state index contributed by atoms with van der Waals surface area (Å²) in [4.78, 5) is 24.0. The molecule has 1 rings (SSSR count). The van der Waals surface area contributed by atoms with Gasteiger partial charge in [0.2, 0.25) is 5.91 Å². The van der Waals surface area contributed by atoms with Gasteiger partial charge >= 0.3 is 0 Å². The molecule has 110 valence electrons. The Hall–Kier alpha value is -1.95. The van der Waals surface area contributed by atoms with Crippen LogP contribution in [0.3, 0.4) is 0 Å². The largest absolute Gasteiger partial charge is 0.345 e. The maximum absolute atomic E-state index is 12.1. The van der Waals surface area contributed by atoms with E-state index in [1.54, 1.807) is 24.1 Å². The monoisotopic (exact) mass is 279 g/mol. The summed E-state index contributed by atoms with van der Waals surface area (Å²) in [6.45, 7) is 5.02. The summed E-state index contributed by atoms with van der Waals surface area (Å²) in [5.74, 6) is -0.0768. The van der Waals surface area contributed by atoms with Crippen LogP contribution in [0.4, 0.5) is 5.69 Å². The highest BCUT2D eigenvalue weighted by molar-refractivity contribution is 5.78. The van der Waals surface area contributed by atoms with E-state index in [0.717, 1.165) is 0 Å². The zero-order chi connectivity index (χ0) is 15.3. The van der Waals surface area contributed by atoms with E-state index < -0.39 is 4.92 Å². The van der Waals surface area contributed by atoms with Gasteiger partial charge in [-0.15, -0.1) is 0 Å². The number of benzene rings is 1. The molecule has 0 unspecified atom stereocenters. The maximum atomic E-state index is 12.1. The smallest absolute Gasteiger partial charge is 0.269 e. The highest BCUT2D eigenvalue weighted by atomic mass is 16.6. The Balaban J connectivity index is 2.71. The number of hydrogen-bond donors (Lipinski definition) is 1. The van der Waals surface area contributed by atoms with Crippen molar-refractivity contribution in [1.82, 2.24) is 4.90 Å². The van der Waals surface area contributed by atoms with Gasteiger partial charge < -0.3 is 10.6 Å². The maximum Gasteiger partial charge on any atom is 0.269 e. The molecule has 1 aromatic carbocycles. The molecule has 6 heteroatoms. The molecule has 1 aromatic rings. The van der Waals surface area contributed by atoms with E-state index in [-0.39, 0.29) is 23.4 Å². The van der Waals surface area contributed by atoms with E-state index in [2.05, 4.69) is 0 Å². The van der Waals surface area contributed by atoms with Gasteiger partial charge in [-0.1, -0.05) is 26.0 Å². The fraction of sp³-hybridized carbons (Fsp3) is 0.500. The molecule has 0 fully saturated rings. The van der Waals surface area contributed by atoms with Crippen molar-refractivity contribution >= 4 is 11.6 Å². The Kier molecular flexibility index (Phi) is 5.21. The summed E-state index contributed by atoms with van der Waals surface area (Å²) in [7, 11) is 1.72. The molecule has 1 amide bonds. The fourth-order valence-electron chi connectivity index (χ4n) is 1.88. The van der Waals surface area contributed by atoms with Gasteiger partial charge in [0, 0.05) is 25.7 Å². The molecule has 0 aliphatic carbocycles. The average Bonchev–Trinajstić information content (AvgIpc) is 2.38. The van der Waals surface area contributed by atoms with Crippen molar-refractivity contribution in [2.45, 2.75) is 20.3 Å². The molecule has 0 heterocycles. The lowest BCUT2D eigenvalue weighted by Gasteiger charge is -2.29. The highest BCUT2D eigenvalue weighted by Crippen LogP contribution is 2.16. The summed E-state index contributed by atoms with van der Waals surface area (Å²) < 4.78 is 0. The molecule has 20 heavy (non-hydrogen) atoms. The third-order valence-corrected chi connectivity index (χ3v) is 3.12. The summed E-state index contributed by atoms with van der Waals surface area (Å²) >= 11 is 0. The van der Waals surface area contributed by atoms with Crippen LogP contribution in [0.15, 0.2) is 24.3 Å². The Bertz CT molecular complexity index is 500. The van der Waals surface area contributed by atoms with Crippen LogP contribution in [0.5, 0.6) is 0 Å². The standard InChI is InChI=1S/C14H21N3O3/c1-14(2,9-15)10-16(3)13(18)8-11-5-4-6-12(7-11)17(19)20/h4-7H,8-10,15H2,1-3H3. The van der Waals surface area contributed by atoms with Crippen LogP contribution in [-0.4, -0.2) is 35.9 Å². The summed E-state index contributed by atoms with van der Waals surface area (Å²) in [5.41, 5.74) is 6.14. The number of carbonyl (C=O) groups excluding carboxylic acids is 1. The Morgan fingerprint density at radius 2 is 2.10 bits per heavy atom. The first-order chi connectivity index (χ1) is 9.25. The third kappa shape index (κ3) is 4.62. The van der Waals surface area contributed by atoms with E-state index in [1.165, 1.54) is 12.1 Å². The number of hydrogen-bond acceptors (Lipinski definition) is 4. The third-order valence-electron chi connectivity index (χ3n) is 3.12. The van der Waals surface area contributed by atoms with Crippen molar-refractivity contribution in [1.29, 1.82) is 0 Å². The van der Waals surface area contributed by atoms with Crippen molar-refractivity contribution in [3.05, 3.63) is 39.9 Å². The molecule has 0 aliphatic rings. The number of carbonyl (C=O) groups is 1. The normalized spacial score (nSPS) is 11.2. The Labute approximate surface area is 118 Å². The quantitative estimate of drug-likeness (QED) is 0.632. The van der Waals surface area contributed by atoms with Crippen LogP contribution >= 0.6 is 0 Å². The topological polar surface area (TPSA) is 89.5 Å². The number of rotatable bonds is 6. The van der Waals surface area contributed by atoms with Gasteiger partial charge in [-0.2, -0.15) is 0 Å². The molecule has 0 spiro atoms. The Morgan fingerprint density at radius 3 is 2.65 bits per heavy atom. The highest BCUT2D eigenvalue weighted by Gasteiger charge is 2.21. The zero-order valence-corrected chi connectivity index (χ0v) is 12.1. The van der Waals surface area contributed by atoms with Crippen molar-refractivity contribution < 1.29 is 9.72 Å². The second-order valence-electron chi connectivity index (χ2n) is 5.72. The average molecular weight is 279 g/mol. The molecule has 0 saturated carbocycles. The van der Waals surface area contributed by atoms with E-state index in [4.69, 9.17) is 5.73 Å². The lowest BCUT2D eigenvalue weighted by molar-refractivity contribution is -0.384. The predicted octanol–water partition coefficient (Wildman–Crippen LogP) is 1.58. The molecular weight excluding hydrogens is 258 g/mol. The van der Waals surface area contributed by atoms with Gasteiger partial charge in [-0.05, 0) is 17.5 Å². The minimum atomic E-state index is -0.463. The van der Waals surface area contributed by atoms with Crippen LogP contribution in [0.1, 0.15) is 19.4 Å². The number of nitrogens with two attached hydrogens (primary N) is 1. The van der Waals surface area contributed by atoms with Crippen molar-refractivity contribution in [2.24, 2.45) is 11.1 Å². The molecule has 6 nitrogen and oxygen atoms in total.